The maximum absolute atomic E-state index is 5.06. The summed E-state index contributed by atoms with van der Waals surface area (Å²) in [4.78, 5) is 19.9. The summed E-state index contributed by atoms with van der Waals surface area (Å²) in [7, 11) is 0. The molecule has 225 valence electrons. The van der Waals surface area contributed by atoms with Crippen molar-refractivity contribution in [2.24, 2.45) is 0 Å². The van der Waals surface area contributed by atoms with Gasteiger partial charge in [-0.2, -0.15) is 0 Å². The molecule has 0 aliphatic carbocycles. The molecule has 0 amide bonds. The van der Waals surface area contributed by atoms with Gasteiger partial charge >= 0.3 is 0 Å². The number of hydrogen-bond donors (Lipinski definition) is 0. The van der Waals surface area contributed by atoms with Crippen LogP contribution in [0.25, 0.3) is 78.4 Å². The van der Waals surface area contributed by atoms with E-state index in [2.05, 4.69) is 121 Å². The van der Waals surface area contributed by atoms with Crippen LogP contribution in [0, 0.1) is 6.07 Å². The molecule has 0 bridgehead atoms. The van der Waals surface area contributed by atoms with Gasteiger partial charge in [0.1, 0.15) is 5.82 Å². The summed E-state index contributed by atoms with van der Waals surface area (Å²) in [6.45, 7) is 0. The monoisotopic (exact) mass is 780 g/mol. The van der Waals surface area contributed by atoms with Crippen LogP contribution in [0.1, 0.15) is 0 Å². The van der Waals surface area contributed by atoms with Crippen LogP contribution in [-0.4, -0.2) is 19.9 Å². The minimum Gasteiger partial charge on any atom is -0.304 e. The first kappa shape index (κ1) is 30.1. The van der Waals surface area contributed by atoms with Gasteiger partial charge in [0.2, 0.25) is 0 Å². The molecule has 4 nitrogen and oxygen atoms in total. The summed E-state index contributed by atoms with van der Waals surface area (Å²) in [6, 6.07) is 57.1. The predicted molar refractivity (Wildman–Crippen MR) is 187 cm³/mol. The summed E-state index contributed by atoms with van der Waals surface area (Å²) in [5, 5.41) is 2.21. The third-order valence-electron chi connectivity index (χ3n) is 8.08. The van der Waals surface area contributed by atoms with Gasteiger partial charge in [0.25, 0.3) is 0 Å². The first-order valence-corrected chi connectivity index (χ1v) is 15.2. The van der Waals surface area contributed by atoms with Crippen LogP contribution < -0.4 is 0 Å². The second-order valence-electron chi connectivity index (χ2n) is 11.1. The quantitative estimate of drug-likeness (QED) is 0.158. The average molecular weight is 780 g/mol. The molecule has 0 aliphatic rings. The molecule has 0 saturated carbocycles. The van der Waals surface area contributed by atoms with Crippen molar-refractivity contribution >= 4 is 10.8 Å². The van der Waals surface area contributed by atoms with Gasteiger partial charge in [0, 0.05) is 37.4 Å². The van der Waals surface area contributed by atoms with Crippen molar-refractivity contribution in [2.75, 3.05) is 0 Å². The van der Waals surface area contributed by atoms with E-state index >= 15 is 0 Å². The number of nitrogens with zero attached hydrogens (tertiary/aromatic N) is 4. The van der Waals surface area contributed by atoms with Crippen molar-refractivity contribution in [3.8, 4) is 67.7 Å². The zero-order valence-electron chi connectivity index (χ0n) is 25.2. The third kappa shape index (κ3) is 6.28. The fraction of sp³-hybridized carbons (Fsp3) is 0. The maximum atomic E-state index is 5.06. The summed E-state index contributed by atoms with van der Waals surface area (Å²) in [5.41, 5.74) is 8.95. The van der Waals surface area contributed by atoms with E-state index < -0.39 is 0 Å². The van der Waals surface area contributed by atoms with Crippen LogP contribution in [0.4, 0.5) is 0 Å². The average Bonchev–Trinajstić information content (AvgIpc) is 3.15. The first-order valence-electron chi connectivity index (χ1n) is 15.2. The molecule has 0 atom stereocenters. The molecule has 0 N–H and O–H groups in total. The van der Waals surface area contributed by atoms with E-state index in [-0.39, 0.29) is 20.1 Å². The molecule has 0 unspecified atom stereocenters. The second-order valence-corrected chi connectivity index (χ2v) is 11.1. The van der Waals surface area contributed by atoms with Crippen molar-refractivity contribution in [1.82, 2.24) is 19.9 Å². The molecule has 6 aromatic carbocycles. The van der Waals surface area contributed by atoms with Crippen LogP contribution in [0.3, 0.4) is 0 Å². The molecule has 2 heterocycles. The van der Waals surface area contributed by atoms with Crippen molar-refractivity contribution < 1.29 is 20.1 Å². The Kier molecular flexibility index (Phi) is 8.57. The number of aromatic nitrogens is 4. The summed E-state index contributed by atoms with van der Waals surface area (Å²) in [5.74, 6) is 1.81. The maximum Gasteiger partial charge on any atom is 0.164 e. The number of benzene rings is 6. The van der Waals surface area contributed by atoms with Crippen LogP contribution in [0.2, 0.25) is 0 Å². The Balaban J connectivity index is 0.00000351. The van der Waals surface area contributed by atoms with Crippen LogP contribution >= 0.6 is 0 Å². The van der Waals surface area contributed by atoms with Gasteiger partial charge < -0.3 is 4.98 Å². The molecule has 5 heteroatoms. The van der Waals surface area contributed by atoms with E-state index in [1.807, 2.05) is 48.7 Å². The van der Waals surface area contributed by atoms with Crippen LogP contribution in [0.15, 0.2) is 164 Å². The molecule has 47 heavy (non-hydrogen) atoms. The van der Waals surface area contributed by atoms with E-state index in [1.54, 1.807) is 0 Å². The Labute approximate surface area is 287 Å². The number of pyridine rings is 1. The molecule has 2 aromatic heterocycles. The topological polar surface area (TPSA) is 51.6 Å². The van der Waals surface area contributed by atoms with Gasteiger partial charge in [-0.1, -0.05) is 127 Å². The first-order chi connectivity index (χ1) is 22.8. The summed E-state index contributed by atoms with van der Waals surface area (Å²) >= 11 is 0. The van der Waals surface area contributed by atoms with Gasteiger partial charge in [-0.25, -0.2) is 15.0 Å². The van der Waals surface area contributed by atoms with Crippen molar-refractivity contribution in [1.29, 1.82) is 0 Å². The Hall–Kier alpha value is -5.61. The van der Waals surface area contributed by atoms with Crippen molar-refractivity contribution in [3.63, 3.8) is 0 Å². The number of rotatable bonds is 6. The van der Waals surface area contributed by atoms with E-state index in [9.17, 15) is 0 Å². The van der Waals surface area contributed by atoms with Gasteiger partial charge in [-0.3, -0.25) is 0 Å². The Bertz CT molecular complexity index is 2210. The molecule has 0 spiro atoms. The Morgan fingerprint density at radius 3 is 1.49 bits per heavy atom. The van der Waals surface area contributed by atoms with Crippen molar-refractivity contribution in [2.45, 2.75) is 0 Å². The van der Waals surface area contributed by atoms with Gasteiger partial charge in [0.15, 0.2) is 11.6 Å². The van der Waals surface area contributed by atoms with E-state index in [1.165, 1.54) is 0 Å². The zero-order chi connectivity index (χ0) is 30.7. The summed E-state index contributed by atoms with van der Waals surface area (Å²) < 4.78 is 0. The summed E-state index contributed by atoms with van der Waals surface area (Å²) in [6.07, 6.45) is 1.84. The second kappa shape index (κ2) is 13.4. The van der Waals surface area contributed by atoms with Crippen molar-refractivity contribution in [3.05, 3.63) is 170 Å². The number of fused-ring (bicyclic) bond motifs is 1. The zero-order valence-corrected chi connectivity index (χ0v) is 27.6. The third-order valence-corrected chi connectivity index (χ3v) is 8.08. The molecule has 8 rings (SSSR count). The van der Waals surface area contributed by atoms with Gasteiger partial charge in [-0.15, -0.1) is 29.8 Å². The Morgan fingerprint density at radius 1 is 0.404 bits per heavy atom. The minimum atomic E-state index is 0. The fourth-order valence-corrected chi connectivity index (χ4v) is 5.78. The normalized spacial score (nSPS) is 10.8. The molecule has 1 radical (unpaired) electrons. The standard InChI is InChI=1S/C42H27N4.Ir/c1-3-12-29(13-4-1)32-17-9-20-35(26-32)40-44-41(36-21-10-18-33(27-36)30-14-5-2-6-15-30)46-42(45-40)37-22-11-19-34(28-37)39-38-23-8-7-16-31(38)24-25-43-39;/h1-18,20-28H;/q-1;. The van der Waals surface area contributed by atoms with Gasteiger partial charge in [-0.05, 0) is 56.9 Å². The van der Waals surface area contributed by atoms with E-state index in [0.717, 1.165) is 61.0 Å². The molecular weight excluding hydrogens is 753 g/mol. The SMILES string of the molecule is [Ir].[c-]1ccc(-c2nc(-c3cccc(-c4ccccc4)c3)nc(-c3cccc(-c4ccccc4)c3)n2)cc1-c1nccc2ccccc12. The number of hydrogen-bond acceptors (Lipinski definition) is 4. The van der Waals surface area contributed by atoms with E-state index in [0.29, 0.717) is 17.5 Å². The molecule has 0 fully saturated rings. The van der Waals surface area contributed by atoms with Gasteiger partial charge in [0.05, 0.1) is 0 Å². The van der Waals surface area contributed by atoms with Crippen LogP contribution in [-0.2, 0) is 20.1 Å². The predicted octanol–water partition coefficient (Wildman–Crippen LogP) is 10.2. The smallest absolute Gasteiger partial charge is 0.164 e. The van der Waals surface area contributed by atoms with E-state index in [4.69, 9.17) is 19.9 Å². The molecule has 0 aliphatic heterocycles. The molecular formula is C42H27IrN4-. The molecule has 0 saturated heterocycles. The molecule has 8 aromatic rings. The Morgan fingerprint density at radius 2 is 0.894 bits per heavy atom. The largest absolute Gasteiger partial charge is 0.304 e. The fourth-order valence-electron chi connectivity index (χ4n) is 5.78. The minimum absolute atomic E-state index is 0. The van der Waals surface area contributed by atoms with Crippen LogP contribution in [0.5, 0.6) is 0 Å².